The lowest BCUT2D eigenvalue weighted by molar-refractivity contribution is 0.391. The van der Waals surface area contributed by atoms with E-state index in [1.165, 1.54) is 0 Å². The van der Waals surface area contributed by atoms with Gasteiger partial charge in [-0.25, -0.2) is 18.2 Å². The zero-order valence-corrected chi connectivity index (χ0v) is 14.3. The van der Waals surface area contributed by atoms with E-state index in [2.05, 4.69) is 16.9 Å². The largest absolute Gasteiger partial charge is 0.326 e. The van der Waals surface area contributed by atoms with E-state index in [1.807, 2.05) is 10.6 Å². The van der Waals surface area contributed by atoms with Gasteiger partial charge in [0.1, 0.15) is 17.2 Å². The molecule has 0 amide bonds. The highest BCUT2D eigenvalue weighted by Crippen LogP contribution is 2.33. The lowest BCUT2D eigenvalue weighted by Gasteiger charge is -2.30. The Balaban J connectivity index is 1.75. The van der Waals surface area contributed by atoms with Crippen LogP contribution in [-0.4, -0.2) is 20.6 Å². The van der Waals surface area contributed by atoms with E-state index in [4.69, 9.17) is 5.73 Å². The van der Waals surface area contributed by atoms with E-state index in [0.29, 0.717) is 19.0 Å². The number of pyridine rings is 1. The Morgan fingerprint density at radius 2 is 1.92 bits per heavy atom. The molecule has 3 aromatic rings. The number of benzene rings is 1. The number of rotatable bonds is 3. The summed E-state index contributed by atoms with van der Waals surface area (Å²) in [4.78, 5) is 9.00. The molecule has 0 fully saturated rings. The number of fused-ring (bicyclic) bond motifs is 3. The summed E-state index contributed by atoms with van der Waals surface area (Å²) in [6.45, 7) is 2.53. The van der Waals surface area contributed by atoms with Gasteiger partial charge in [0.2, 0.25) is 0 Å². The molecule has 0 spiro atoms. The lowest BCUT2D eigenvalue weighted by atomic mass is 9.86. The van der Waals surface area contributed by atoms with Gasteiger partial charge in [0.05, 0.1) is 11.7 Å². The van der Waals surface area contributed by atoms with Crippen molar-refractivity contribution in [2.75, 3.05) is 0 Å². The highest BCUT2D eigenvalue weighted by Gasteiger charge is 2.32. The third-order valence-corrected chi connectivity index (χ3v) is 5.03. The average Bonchev–Trinajstić information content (AvgIpc) is 2.95. The number of nitrogens with two attached hydrogens (primary N) is 1. The second-order valence-electron chi connectivity index (χ2n) is 6.82. The van der Waals surface area contributed by atoms with Gasteiger partial charge in [-0.2, -0.15) is 0 Å². The Kier molecular flexibility index (Phi) is 4.19. The number of imidazole rings is 1. The molecule has 7 heteroatoms. The molecule has 3 heterocycles. The van der Waals surface area contributed by atoms with Crippen molar-refractivity contribution in [1.82, 2.24) is 14.5 Å². The van der Waals surface area contributed by atoms with Crippen LogP contribution in [0.2, 0.25) is 0 Å². The molecule has 4 rings (SSSR count). The van der Waals surface area contributed by atoms with Crippen LogP contribution in [0.15, 0.2) is 24.4 Å². The first kappa shape index (κ1) is 17.0. The van der Waals surface area contributed by atoms with E-state index in [9.17, 15) is 13.2 Å². The molecule has 1 aliphatic heterocycles. The maximum atomic E-state index is 14.2. The second-order valence-corrected chi connectivity index (χ2v) is 6.82. The van der Waals surface area contributed by atoms with Crippen LogP contribution in [0.4, 0.5) is 13.2 Å². The predicted molar refractivity (Wildman–Crippen MR) is 92.3 cm³/mol. The highest BCUT2D eigenvalue weighted by atomic mass is 19.2. The van der Waals surface area contributed by atoms with Gasteiger partial charge >= 0.3 is 0 Å². The Hall–Kier alpha value is -2.41. The van der Waals surface area contributed by atoms with E-state index >= 15 is 0 Å². The molecule has 1 aliphatic rings. The maximum Gasteiger partial charge on any atom is 0.161 e. The van der Waals surface area contributed by atoms with Crippen molar-refractivity contribution in [3.63, 3.8) is 0 Å². The minimum Gasteiger partial charge on any atom is -0.326 e. The van der Waals surface area contributed by atoms with E-state index in [0.717, 1.165) is 41.5 Å². The maximum absolute atomic E-state index is 14.2. The van der Waals surface area contributed by atoms with Crippen LogP contribution >= 0.6 is 0 Å². The Labute approximate surface area is 148 Å². The fraction of sp³-hybridized carbons (Fsp3) is 0.368. The van der Waals surface area contributed by atoms with Crippen LogP contribution < -0.4 is 5.73 Å². The van der Waals surface area contributed by atoms with Crippen molar-refractivity contribution >= 4 is 11.0 Å². The van der Waals surface area contributed by atoms with Crippen LogP contribution in [0, 0.1) is 17.5 Å². The van der Waals surface area contributed by atoms with Crippen LogP contribution in [-0.2, 0) is 19.4 Å². The van der Waals surface area contributed by atoms with Crippen LogP contribution in [0.5, 0.6) is 0 Å². The number of aryl methyl sites for hydroxylation is 1. The molecule has 0 bridgehead atoms. The Bertz CT molecular complexity index is 983. The molecule has 2 atom stereocenters. The second kappa shape index (κ2) is 6.39. The quantitative estimate of drug-likeness (QED) is 0.728. The summed E-state index contributed by atoms with van der Waals surface area (Å²) in [5.74, 6) is -2.75. The number of hydrogen-bond acceptors (Lipinski definition) is 3. The van der Waals surface area contributed by atoms with Crippen molar-refractivity contribution in [1.29, 1.82) is 0 Å². The first-order chi connectivity index (χ1) is 12.5. The molecule has 1 unspecified atom stereocenters. The summed E-state index contributed by atoms with van der Waals surface area (Å²) >= 11 is 0. The van der Waals surface area contributed by atoms with Crippen molar-refractivity contribution in [2.24, 2.45) is 5.73 Å². The van der Waals surface area contributed by atoms with Crippen molar-refractivity contribution < 1.29 is 13.2 Å². The minimum absolute atomic E-state index is 0.0968. The molecule has 0 aliphatic carbocycles. The van der Waals surface area contributed by atoms with E-state index in [1.54, 1.807) is 6.20 Å². The van der Waals surface area contributed by atoms with Gasteiger partial charge in [-0.05, 0) is 24.1 Å². The monoisotopic (exact) mass is 360 g/mol. The summed E-state index contributed by atoms with van der Waals surface area (Å²) in [7, 11) is 0. The smallest absolute Gasteiger partial charge is 0.161 e. The Morgan fingerprint density at radius 3 is 2.69 bits per heavy atom. The molecule has 2 N–H and O–H groups in total. The molecule has 4 nitrogen and oxygen atoms in total. The van der Waals surface area contributed by atoms with Crippen molar-refractivity contribution in [2.45, 2.75) is 44.7 Å². The predicted octanol–water partition coefficient (Wildman–Crippen LogP) is 3.47. The molecule has 1 aromatic carbocycles. The standard InChI is InChI=1S/C19H19F3N4/c1-2-3-10-4-18-17(8-24-10)25-19-6-12(16(23)9-26(18)19)11-5-14(21)15(22)7-13(11)20/h4-5,7-8,12,16H,2-3,6,9,23H2,1H3/t12-,16?/m1/s1. The first-order valence-electron chi connectivity index (χ1n) is 8.72. The van der Waals surface area contributed by atoms with Gasteiger partial charge in [0, 0.05) is 36.7 Å². The third kappa shape index (κ3) is 2.76. The molecule has 0 radical (unpaired) electrons. The van der Waals surface area contributed by atoms with E-state index in [-0.39, 0.29) is 5.56 Å². The number of hydrogen-bond donors (Lipinski definition) is 1. The van der Waals surface area contributed by atoms with Crippen LogP contribution in [0.1, 0.15) is 36.3 Å². The summed E-state index contributed by atoms with van der Waals surface area (Å²) in [5.41, 5.74) is 9.09. The zero-order valence-electron chi connectivity index (χ0n) is 14.3. The number of halogens is 3. The molecular weight excluding hydrogens is 341 g/mol. The molecule has 136 valence electrons. The van der Waals surface area contributed by atoms with Crippen LogP contribution in [0.25, 0.3) is 11.0 Å². The third-order valence-electron chi connectivity index (χ3n) is 5.03. The van der Waals surface area contributed by atoms with Gasteiger partial charge in [0.25, 0.3) is 0 Å². The van der Waals surface area contributed by atoms with E-state index < -0.39 is 29.4 Å². The Morgan fingerprint density at radius 1 is 1.15 bits per heavy atom. The van der Waals surface area contributed by atoms with Gasteiger partial charge < -0.3 is 10.3 Å². The normalized spacial score (nSPS) is 19.7. The lowest BCUT2D eigenvalue weighted by Crippen LogP contribution is -2.39. The van der Waals surface area contributed by atoms with Crippen molar-refractivity contribution in [3.8, 4) is 0 Å². The summed E-state index contributed by atoms with van der Waals surface area (Å²) < 4.78 is 43.1. The molecule has 26 heavy (non-hydrogen) atoms. The fourth-order valence-corrected chi connectivity index (χ4v) is 3.72. The summed E-state index contributed by atoms with van der Waals surface area (Å²) in [6, 6.07) is 3.08. The topological polar surface area (TPSA) is 56.7 Å². The van der Waals surface area contributed by atoms with Gasteiger partial charge in [-0.15, -0.1) is 0 Å². The number of nitrogens with zero attached hydrogens (tertiary/aromatic N) is 3. The molecule has 0 saturated carbocycles. The minimum atomic E-state index is -1.20. The average molecular weight is 360 g/mol. The van der Waals surface area contributed by atoms with Crippen molar-refractivity contribution in [3.05, 3.63) is 58.9 Å². The first-order valence-corrected chi connectivity index (χ1v) is 8.72. The molecule has 0 saturated heterocycles. The van der Waals surface area contributed by atoms with Gasteiger partial charge in [-0.3, -0.25) is 4.98 Å². The summed E-state index contributed by atoms with van der Waals surface area (Å²) in [6.07, 6.45) is 3.98. The number of aromatic nitrogens is 3. The zero-order chi connectivity index (χ0) is 18.4. The van der Waals surface area contributed by atoms with Gasteiger partial charge in [-0.1, -0.05) is 13.3 Å². The molecule has 2 aromatic heterocycles. The fourth-order valence-electron chi connectivity index (χ4n) is 3.72. The summed E-state index contributed by atoms with van der Waals surface area (Å²) in [5, 5.41) is 0. The van der Waals surface area contributed by atoms with Gasteiger partial charge in [0.15, 0.2) is 11.6 Å². The SMILES string of the molecule is CCCc1cc2c(cn1)nc1n2CC(N)[C@@H](c2cc(F)c(F)cc2F)C1. The highest BCUT2D eigenvalue weighted by molar-refractivity contribution is 5.75. The molecular formula is C19H19F3N4. The van der Waals surface area contributed by atoms with Crippen LogP contribution in [0.3, 0.4) is 0 Å².